The second kappa shape index (κ2) is 5.75. The van der Waals surface area contributed by atoms with E-state index >= 15 is 0 Å². The summed E-state index contributed by atoms with van der Waals surface area (Å²) < 4.78 is 14.0. The lowest BCUT2D eigenvalue weighted by atomic mass is 10.1. The second-order valence-electron chi connectivity index (χ2n) is 5.32. The molecule has 0 fully saturated rings. The van der Waals surface area contributed by atoms with Gasteiger partial charge in [-0.2, -0.15) is 0 Å². The van der Waals surface area contributed by atoms with Gasteiger partial charge in [0.05, 0.1) is 0 Å². The third kappa shape index (κ3) is 4.08. The Morgan fingerprint density at radius 2 is 2.16 bits per heavy atom. The van der Waals surface area contributed by atoms with E-state index in [-0.39, 0.29) is 11.4 Å². The van der Waals surface area contributed by atoms with Crippen molar-refractivity contribution in [3.8, 4) is 0 Å². The molecule has 2 rings (SSSR count). The van der Waals surface area contributed by atoms with Gasteiger partial charge in [-0.25, -0.2) is 9.37 Å². The zero-order valence-electron chi connectivity index (χ0n) is 11.3. The summed E-state index contributed by atoms with van der Waals surface area (Å²) >= 11 is 1.44. The van der Waals surface area contributed by atoms with Crippen LogP contribution in [0, 0.1) is 5.82 Å². The Bertz CT molecular complexity index is 532. The van der Waals surface area contributed by atoms with Crippen LogP contribution in [0.15, 0.2) is 40.6 Å². The van der Waals surface area contributed by atoms with E-state index in [2.05, 4.69) is 36.1 Å². The molecule has 0 unspecified atom stereocenters. The van der Waals surface area contributed by atoms with Gasteiger partial charge in [-0.05, 0) is 32.9 Å². The van der Waals surface area contributed by atoms with Gasteiger partial charge in [0.15, 0.2) is 5.16 Å². The van der Waals surface area contributed by atoms with Gasteiger partial charge in [-0.15, -0.1) is 0 Å². The monoisotopic (exact) mass is 279 g/mol. The summed E-state index contributed by atoms with van der Waals surface area (Å²) in [5, 5.41) is 4.08. The molecule has 102 valence electrons. The van der Waals surface area contributed by atoms with Crippen molar-refractivity contribution in [2.45, 2.75) is 42.9 Å². The Hall–Kier alpha value is -1.33. The molecular weight excluding hydrogens is 261 g/mol. The Kier molecular flexibility index (Phi) is 4.27. The maximum absolute atomic E-state index is 14.0. The number of nitrogens with zero attached hydrogens (tertiary/aromatic N) is 1. The molecule has 0 saturated heterocycles. The molecule has 3 nitrogen and oxygen atoms in total. The molecule has 1 heterocycles. The van der Waals surface area contributed by atoms with Gasteiger partial charge in [0, 0.05) is 34.9 Å². The molecule has 0 aliphatic heterocycles. The minimum atomic E-state index is -0.187. The van der Waals surface area contributed by atoms with E-state index in [4.69, 9.17) is 0 Å². The van der Waals surface area contributed by atoms with E-state index in [1.54, 1.807) is 18.5 Å². The van der Waals surface area contributed by atoms with Crippen LogP contribution in [0.1, 0.15) is 26.3 Å². The van der Waals surface area contributed by atoms with E-state index in [9.17, 15) is 4.39 Å². The number of nitrogens with one attached hydrogen (secondary N) is 2. The molecule has 5 heteroatoms. The van der Waals surface area contributed by atoms with E-state index in [1.807, 2.05) is 6.07 Å². The number of benzene rings is 1. The van der Waals surface area contributed by atoms with Crippen LogP contribution in [-0.4, -0.2) is 15.5 Å². The summed E-state index contributed by atoms with van der Waals surface area (Å²) in [6.07, 6.45) is 3.45. The number of hydrogen-bond donors (Lipinski definition) is 2. The van der Waals surface area contributed by atoms with Gasteiger partial charge in [0.25, 0.3) is 0 Å². The summed E-state index contributed by atoms with van der Waals surface area (Å²) in [5.74, 6) is -0.187. The quantitative estimate of drug-likeness (QED) is 0.898. The highest BCUT2D eigenvalue weighted by Gasteiger charge is 2.14. The minimum absolute atomic E-state index is 0.0467. The molecule has 0 atom stereocenters. The predicted molar refractivity (Wildman–Crippen MR) is 75.7 cm³/mol. The molecule has 0 radical (unpaired) electrons. The van der Waals surface area contributed by atoms with Crippen molar-refractivity contribution in [2.75, 3.05) is 0 Å². The first-order valence-corrected chi connectivity index (χ1v) is 6.97. The Balaban J connectivity index is 2.20. The molecule has 0 saturated carbocycles. The molecular formula is C14H18FN3S. The lowest BCUT2D eigenvalue weighted by Crippen LogP contribution is -2.35. The van der Waals surface area contributed by atoms with E-state index in [0.717, 1.165) is 10.1 Å². The normalized spacial score (nSPS) is 11.8. The van der Waals surface area contributed by atoms with Crippen LogP contribution in [0.5, 0.6) is 0 Å². The summed E-state index contributed by atoms with van der Waals surface area (Å²) in [7, 11) is 0. The van der Waals surface area contributed by atoms with Crippen molar-refractivity contribution < 1.29 is 4.39 Å². The Morgan fingerprint density at radius 1 is 1.37 bits per heavy atom. The van der Waals surface area contributed by atoms with Crippen molar-refractivity contribution in [2.24, 2.45) is 0 Å². The Morgan fingerprint density at radius 3 is 2.79 bits per heavy atom. The van der Waals surface area contributed by atoms with Gasteiger partial charge in [0.1, 0.15) is 5.82 Å². The number of rotatable bonds is 4. The first kappa shape index (κ1) is 14.1. The van der Waals surface area contributed by atoms with Crippen LogP contribution >= 0.6 is 11.8 Å². The predicted octanol–water partition coefficient (Wildman–Crippen LogP) is 3.59. The number of aromatic nitrogens is 2. The maximum atomic E-state index is 14.0. The Labute approximate surface area is 117 Å². The fourth-order valence-corrected chi connectivity index (χ4v) is 2.46. The first-order valence-electron chi connectivity index (χ1n) is 6.15. The molecule has 0 aliphatic rings. The van der Waals surface area contributed by atoms with E-state index < -0.39 is 0 Å². The highest BCUT2D eigenvalue weighted by molar-refractivity contribution is 7.99. The van der Waals surface area contributed by atoms with Crippen LogP contribution in [-0.2, 0) is 6.54 Å². The SMILES string of the molecule is CC(C)(C)NCc1c(F)cccc1Sc1ncc[nH]1. The topological polar surface area (TPSA) is 40.7 Å². The van der Waals surface area contributed by atoms with Gasteiger partial charge >= 0.3 is 0 Å². The molecule has 0 bridgehead atoms. The van der Waals surface area contributed by atoms with E-state index in [0.29, 0.717) is 12.1 Å². The minimum Gasteiger partial charge on any atom is -0.339 e. The van der Waals surface area contributed by atoms with Crippen LogP contribution < -0.4 is 5.32 Å². The third-order valence-corrected chi connectivity index (χ3v) is 3.57. The number of halogens is 1. The molecule has 2 aromatic rings. The standard InChI is InChI=1S/C14H18FN3S/c1-14(2,3)18-9-10-11(15)5-4-6-12(10)19-13-16-7-8-17-13/h4-8,18H,9H2,1-3H3,(H,16,17). The van der Waals surface area contributed by atoms with Crippen LogP contribution in [0.3, 0.4) is 0 Å². The maximum Gasteiger partial charge on any atom is 0.170 e. The fraction of sp³-hybridized carbons (Fsp3) is 0.357. The van der Waals surface area contributed by atoms with Gasteiger partial charge < -0.3 is 10.3 Å². The van der Waals surface area contributed by atoms with Gasteiger partial charge in [-0.1, -0.05) is 17.8 Å². The summed E-state index contributed by atoms with van der Waals surface area (Å²) in [6.45, 7) is 6.69. The highest BCUT2D eigenvalue weighted by atomic mass is 32.2. The smallest absolute Gasteiger partial charge is 0.170 e. The largest absolute Gasteiger partial charge is 0.339 e. The molecule has 0 spiro atoms. The number of H-pyrrole nitrogens is 1. The molecule has 19 heavy (non-hydrogen) atoms. The molecule has 1 aromatic heterocycles. The summed E-state index contributed by atoms with van der Waals surface area (Å²) in [5.41, 5.74) is 0.633. The molecule has 0 amide bonds. The molecule has 1 aromatic carbocycles. The number of aromatic amines is 1. The summed E-state index contributed by atoms with van der Waals surface area (Å²) in [6, 6.07) is 5.13. The van der Waals surface area contributed by atoms with Crippen molar-refractivity contribution in [1.82, 2.24) is 15.3 Å². The van der Waals surface area contributed by atoms with Crippen LogP contribution in [0.25, 0.3) is 0 Å². The zero-order valence-corrected chi connectivity index (χ0v) is 12.1. The fourth-order valence-electron chi connectivity index (χ4n) is 1.57. The van der Waals surface area contributed by atoms with Crippen LogP contribution in [0.2, 0.25) is 0 Å². The van der Waals surface area contributed by atoms with Crippen molar-refractivity contribution in [1.29, 1.82) is 0 Å². The molecule has 0 aliphatic carbocycles. The first-order chi connectivity index (χ1) is 8.96. The lowest BCUT2D eigenvalue weighted by molar-refractivity contribution is 0.416. The highest BCUT2D eigenvalue weighted by Crippen LogP contribution is 2.29. The lowest BCUT2D eigenvalue weighted by Gasteiger charge is -2.21. The summed E-state index contributed by atoms with van der Waals surface area (Å²) in [4.78, 5) is 8.05. The average Bonchev–Trinajstić information content (AvgIpc) is 2.79. The van der Waals surface area contributed by atoms with Crippen molar-refractivity contribution in [3.05, 3.63) is 42.0 Å². The zero-order chi connectivity index (χ0) is 13.9. The number of hydrogen-bond acceptors (Lipinski definition) is 3. The number of imidazole rings is 1. The third-order valence-electron chi connectivity index (χ3n) is 2.55. The van der Waals surface area contributed by atoms with Crippen molar-refractivity contribution in [3.63, 3.8) is 0 Å². The van der Waals surface area contributed by atoms with Gasteiger partial charge in [0.2, 0.25) is 0 Å². The molecule has 2 N–H and O–H groups in total. The van der Waals surface area contributed by atoms with E-state index in [1.165, 1.54) is 17.8 Å². The van der Waals surface area contributed by atoms with Gasteiger partial charge in [-0.3, -0.25) is 0 Å². The van der Waals surface area contributed by atoms with Crippen molar-refractivity contribution >= 4 is 11.8 Å². The van der Waals surface area contributed by atoms with Crippen LogP contribution in [0.4, 0.5) is 4.39 Å². The average molecular weight is 279 g/mol. The second-order valence-corrected chi connectivity index (χ2v) is 6.35.